The Balaban J connectivity index is 2.04. The van der Waals surface area contributed by atoms with Crippen LogP contribution in [-0.2, 0) is 4.79 Å². The Morgan fingerprint density at radius 2 is 1.40 bits per heavy atom. The molecule has 4 heteroatoms. The highest BCUT2D eigenvalue weighted by molar-refractivity contribution is 9.10. The van der Waals surface area contributed by atoms with E-state index in [1.165, 1.54) is 0 Å². The summed E-state index contributed by atoms with van der Waals surface area (Å²) in [5.41, 5.74) is 2.74. The normalized spacial score (nSPS) is 11.2. The number of likely N-dealkylation sites (N-methyl/N-ethyl adjacent to an activating group) is 1. The summed E-state index contributed by atoms with van der Waals surface area (Å²) in [5.74, 6) is -0.165. The molecule has 0 bridgehead atoms. The molecule has 0 spiro atoms. The number of hydrogen-bond donors (Lipinski definition) is 0. The van der Waals surface area contributed by atoms with Crippen LogP contribution in [-0.4, -0.2) is 18.7 Å². The highest BCUT2D eigenvalue weighted by atomic mass is 79.9. The Kier molecular flexibility index (Phi) is 5.41. The second-order valence-electron chi connectivity index (χ2n) is 5.48. The number of benzene rings is 3. The molecule has 25 heavy (non-hydrogen) atoms. The van der Waals surface area contributed by atoms with Gasteiger partial charge in [-0.25, -0.2) is 4.99 Å². The zero-order valence-corrected chi connectivity index (χ0v) is 15.3. The molecular weight excluding hydrogens is 376 g/mol. The van der Waals surface area contributed by atoms with Crippen molar-refractivity contribution in [3.8, 4) is 0 Å². The fourth-order valence-corrected chi connectivity index (χ4v) is 3.01. The largest absolute Gasteiger partial charge is 0.309 e. The number of halogens is 1. The standard InChI is InChI=1S/C21H17BrN2O/c1-24(19-15-9-8-14-18(19)22)21(25)20(16-10-4-2-5-11-16)23-17-12-6-3-7-13-17/h2-15H,1H3. The average Bonchev–Trinajstić information content (AvgIpc) is 2.67. The molecule has 0 radical (unpaired) electrons. The first-order chi connectivity index (χ1) is 12.2. The number of para-hydroxylation sites is 2. The number of amides is 1. The van der Waals surface area contributed by atoms with Gasteiger partial charge in [-0.15, -0.1) is 0 Å². The minimum absolute atomic E-state index is 0.165. The number of carbonyl (C=O) groups is 1. The van der Waals surface area contributed by atoms with Crippen LogP contribution in [0.5, 0.6) is 0 Å². The maximum atomic E-state index is 13.2. The lowest BCUT2D eigenvalue weighted by Crippen LogP contribution is -2.34. The third-order valence-corrected chi connectivity index (χ3v) is 4.44. The molecule has 3 nitrogen and oxygen atoms in total. The summed E-state index contributed by atoms with van der Waals surface area (Å²) >= 11 is 3.50. The summed E-state index contributed by atoms with van der Waals surface area (Å²) in [6.07, 6.45) is 0. The molecule has 0 heterocycles. The monoisotopic (exact) mass is 392 g/mol. The van der Waals surface area contributed by atoms with Crippen molar-refractivity contribution in [3.05, 3.63) is 95.0 Å². The van der Waals surface area contributed by atoms with Crippen molar-refractivity contribution < 1.29 is 4.79 Å². The van der Waals surface area contributed by atoms with Gasteiger partial charge in [0.2, 0.25) is 0 Å². The van der Waals surface area contributed by atoms with Crippen molar-refractivity contribution >= 4 is 38.9 Å². The summed E-state index contributed by atoms with van der Waals surface area (Å²) in [6.45, 7) is 0. The van der Waals surface area contributed by atoms with E-state index < -0.39 is 0 Å². The van der Waals surface area contributed by atoms with Crippen LogP contribution in [0.1, 0.15) is 5.56 Å². The van der Waals surface area contributed by atoms with Gasteiger partial charge in [0.05, 0.1) is 11.4 Å². The second-order valence-corrected chi connectivity index (χ2v) is 6.33. The molecule has 3 rings (SSSR count). The molecule has 0 aliphatic rings. The molecule has 0 saturated heterocycles. The molecule has 3 aromatic rings. The molecule has 0 aliphatic heterocycles. The van der Waals surface area contributed by atoms with Crippen molar-refractivity contribution in [2.75, 3.05) is 11.9 Å². The van der Waals surface area contributed by atoms with E-state index >= 15 is 0 Å². The number of nitrogens with zero attached hydrogens (tertiary/aromatic N) is 2. The number of hydrogen-bond acceptors (Lipinski definition) is 2. The van der Waals surface area contributed by atoms with E-state index in [2.05, 4.69) is 20.9 Å². The molecule has 0 unspecified atom stereocenters. The fraction of sp³-hybridized carbons (Fsp3) is 0.0476. The molecule has 0 fully saturated rings. The summed E-state index contributed by atoms with van der Waals surface area (Å²) in [6, 6.07) is 26.7. The van der Waals surface area contributed by atoms with Crippen molar-refractivity contribution in [1.29, 1.82) is 0 Å². The van der Waals surface area contributed by atoms with E-state index in [9.17, 15) is 4.79 Å². The van der Waals surface area contributed by atoms with Crippen molar-refractivity contribution in [1.82, 2.24) is 0 Å². The first-order valence-corrected chi connectivity index (χ1v) is 8.68. The third-order valence-electron chi connectivity index (χ3n) is 3.77. The smallest absolute Gasteiger partial charge is 0.277 e. The van der Waals surface area contributed by atoms with Gasteiger partial charge < -0.3 is 4.90 Å². The molecular formula is C21H17BrN2O. The van der Waals surface area contributed by atoms with Gasteiger partial charge in [-0.3, -0.25) is 4.79 Å². The molecule has 124 valence electrons. The zero-order valence-electron chi connectivity index (χ0n) is 13.8. The highest BCUT2D eigenvalue weighted by Crippen LogP contribution is 2.26. The topological polar surface area (TPSA) is 32.7 Å². The average molecular weight is 393 g/mol. The van der Waals surface area contributed by atoms with Crippen LogP contribution in [0.3, 0.4) is 0 Å². The third kappa shape index (κ3) is 4.03. The lowest BCUT2D eigenvalue weighted by molar-refractivity contribution is -0.112. The summed E-state index contributed by atoms with van der Waals surface area (Å²) in [5, 5.41) is 0. The predicted molar refractivity (Wildman–Crippen MR) is 107 cm³/mol. The summed E-state index contributed by atoms with van der Waals surface area (Å²) in [7, 11) is 1.76. The number of aliphatic imine (C=N–C) groups is 1. The maximum absolute atomic E-state index is 13.2. The quantitative estimate of drug-likeness (QED) is 0.559. The predicted octanol–water partition coefficient (Wildman–Crippen LogP) is 5.23. The first kappa shape index (κ1) is 17.1. The van der Waals surface area contributed by atoms with Gasteiger partial charge in [-0.2, -0.15) is 0 Å². The van der Waals surface area contributed by atoms with E-state index in [1.54, 1.807) is 11.9 Å². The zero-order chi connectivity index (χ0) is 17.6. The van der Waals surface area contributed by atoms with Gasteiger partial charge in [0, 0.05) is 17.1 Å². The molecule has 1 amide bonds. The van der Waals surface area contributed by atoms with Crippen LogP contribution in [0.4, 0.5) is 11.4 Å². The Morgan fingerprint density at radius 3 is 2.04 bits per heavy atom. The van der Waals surface area contributed by atoms with Gasteiger partial charge in [-0.05, 0) is 40.2 Å². The second kappa shape index (κ2) is 7.90. The Bertz CT molecular complexity index is 892. The Hall–Kier alpha value is -2.72. The van der Waals surface area contributed by atoms with Gasteiger partial charge in [0.25, 0.3) is 5.91 Å². The summed E-state index contributed by atoms with van der Waals surface area (Å²) in [4.78, 5) is 19.4. The molecule has 0 aromatic heterocycles. The molecule has 3 aromatic carbocycles. The van der Waals surface area contributed by atoms with Crippen LogP contribution < -0.4 is 4.90 Å². The lowest BCUT2D eigenvalue weighted by atomic mass is 10.1. The maximum Gasteiger partial charge on any atom is 0.277 e. The fourth-order valence-electron chi connectivity index (χ4n) is 2.46. The van der Waals surface area contributed by atoms with Gasteiger partial charge >= 0.3 is 0 Å². The van der Waals surface area contributed by atoms with Crippen LogP contribution in [0.25, 0.3) is 0 Å². The summed E-state index contributed by atoms with van der Waals surface area (Å²) < 4.78 is 0.859. The van der Waals surface area contributed by atoms with Crippen LogP contribution in [0, 0.1) is 0 Å². The van der Waals surface area contributed by atoms with E-state index in [0.29, 0.717) is 5.71 Å². The minimum Gasteiger partial charge on any atom is -0.309 e. The highest BCUT2D eigenvalue weighted by Gasteiger charge is 2.21. The lowest BCUT2D eigenvalue weighted by Gasteiger charge is -2.20. The number of anilines is 1. The minimum atomic E-state index is -0.165. The van der Waals surface area contributed by atoms with E-state index in [4.69, 9.17) is 0 Å². The van der Waals surface area contributed by atoms with Crippen LogP contribution >= 0.6 is 15.9 Å². The van der Waals surface area contributed by atoms with Gasteiger partial charge in [-0.1, -0.05) is 60.7 Å². The first-order valence-electron chi connectivity index (χ1n) is 7.88. The van der Waals surface area contributed by atoms with Gasteiger partial charge in [0.15, 0.2) is 0 Å². The Morgan fingerprint density at radius 1 is 0.840 bits per heavy atom. The number of carbonyl (C=O) groups excluding carboxylic acids is 1. The van der Waals surface area contributed by atoms with Crippen molar-refractivity contribution in [3.63, 3.8) is 0 Å². The molecule has 0 atom stereocenters. The van der Waals surface area contributed by atoms with E-state index in [1.807, 2.05) is 84.9 Å². The van der Waals surface area contributed by atoms with Crippen molar-refractivity contribution in [2.45, 2.75) is 0 Å². The van der Waals surface area contributed by atoms with E-state index in [-0.39, 0.29) is 5.91 Å². The Labute approximate surface area is 155 Å². The van der Waals surface area contributed by atoms with Gasteiger partial charge in [0.1, 0.15) is 5.71 Å². The van der Waals surface area contributed by atoms with Crippen LogP contribution in [0.2, 0.25) is 0 Å². The number of rotatable bonds is 4. The molecule has 0 N–H and O–H groups in total. The molecule has 0 aliphatic carbocycles. The van der Waals surface area contributed by atoms with Crippen molar-refractivity contribution in [2.24, 2.45) is 4.99 Å². The molecule has 0 saturated carbocycles. The van der Waals surface area contributed by atoms with Crippen LogP contribution in [0.15, 0.2) is 94.4 Å². The SMILES string of the molecule is CN(C(=O)C(=Nc1ccccc1)c1ccccc1)c1ccccc1Br. The van der Waals surface area contributed by atoms with E-state index in [0.717, 1.165) is 21.4 Å².